The number of hydrogen-bond donors (Lipinski definition) is 1. The molecule has 0 spiro atoms. The molecule has 0 radical (unpaired) electrons. The highest BCUT2D eigenvalue weighted by atomic mass is 79.9. The molecule has 0 bridgehead atoms. The molecule has 0 aliphatic heterocycles. The Morgan fingerprint density at radius 1 is 1.00 bits per heavy atom. The Morgan fingerprint density at radius 2 is 1.77 bits per heavy atom. The average Bonchev–Trinajstić information content (AvgIpc) is 2.65. The molecule has 0 aliphatic rings. The minimum atomic E-state index is -3.61. The van der Waals surface area contributed by atoms with Crippen molar-refractivity contribution in [2.75, 3.05) is 20.3 Å². The number of ether oxygens (including phenoxy) is 2. The average molecular weight is 436 g/mol. The van der Waals surface area contributed by atoms with Crippen LogP contribution in [0.2, 0.25) is 0 Å². The van der Waals surface area contributed by atoms with Gasteiger partial charge in [-0.1, -0.05) is 30.3 Å². The molecule has 0 unspecified atom stereocenters. The summed E-state index contributed by atoms with van der Waals surface area (Å²) in [5.41, 5.74) is 0. The molecular formula is C19H18BrNO4S. The maximum Gasteiger partial charge on any atom is 0.240 e. The number of fused-ring (bicyclic) bond motifs is 1. The monoisotopic (exact) mass is 435 g/mol. The van der Waals surface area contributed by atoms with Crippen molar-refractivity contribution in [3.05, 3.63) is 65.1 Å². The van der Waals surface area contributed by atoms with E-state index in [1.54, 1.807) is 6.07 Å². The highest BCUT2D eigenvalue weighted by molar-refractivity contribution is 9.10. The molecule has 0 aliphatic carbocycles. The summed E-state index contributed by atoms with van der Waals surface area (Å²) in [6.07, 6.45) is 0. The van der Waals surface area contributed by atoms with E-state index in [0.29, 0.717) is 16.0 Å². The Balaban J connectivity index is 1.58. The molecule has 3 rings (SSSR count). The van der Waals surface area contributed by atoms with E-state index in [4.69, 9.17) is 9.47 Å². The predicted molar refractivity (Wildman–Crippen MR) is 105 cm³/mol. The lowest BCUT2D eigenvalue weighted by Crippen LogP contribution is -2.28. The Morgan fingerprint density at radius 3 is 2.50 bits per heavy atom. The molecule has 7 heteroatoms. The van der Waals surface area contributed by atoms with E-state index >= 15 is 0 Å². The highest BCUT2D eigenvalue weighted by Crippen LogP contribution is 2.27. The van der Waals surface area contributed by atoms with Gasteiger partial charge in [0.1, 0.15) is 18.1 Å². The summed E-state index contributed by atoms with van der Waals surface area (Å²) in [7, 11) is -2.09. The first-order valence-electron chi connectivity index (χ1n) is 7.94. The number of halogens is 1. The first kappa shape index (κ1) is 18.7. The van der Waals surface area contributed by atoms with Crippen molar-refractivity contribution in [1.82, 2.24) is 4.72 Å². The molecule has 1 N–H and O–H groups in total. The Kier molecular flexibility index (Phi) is 5.80. The Labute approximate surface area is 161 Å². The van der Waals surface area contributed by atoms with Gasteiger partial charge in [0, 0.05) is 6.54 Å². The number of methoxy groups -OCH3 is 1. The molecular weight excluding hydrogens is 418 g/mol. The van der Waals surface area contributed by atoms with Crippen LogP contribution in [0.15, 0.2) is 70.0 Å². The number of benzene rings is 3. The fraction of sp³-hybridized carbons (Fsp3) is 0.158. The van der Waals surface area contributed by atoms with Gasteiger partial charge in [-0.15, -0.1) is 0 Å². The summed E-state index contributed by atoms with van der Waals surface area (Å²) in [5, 5.41) is 2.21. The van der Waals surface area contributed by atoms with Gasteiger partial charge in [0.05, 0.1) is 16.5 Å². The van der Waals surface area contributed by atoms with Gasteiger partial charge in [0.15, 0.2) is 0 Å². The zero-order chi connectivity index (χ0) is 18.6. The van der Waals surface area contributed by atoms with Crippen molar-refractivity contribution in [1.29, 1.82) is 0 Å². The molecule has 0 heterocycles. The largest absolute Gasteiger partial charge is 0.496 e. The van der Waals surface area contributed by atoms with Gasteiger partial charge in [-0.05, 0) is 57.0 Å². The summed E-state index contributed by atoms with van der Waals surface area (Å²) in [4.78, 5) is 0.163. The lowest BCUT2D eigenvalue weighted by atomic mass is 10.1. The minimum absolute atomic E-state index is 0.163. The van der Waals surface area contributed by atoms with E-state index in [2.05, 4.69) is 20.7 Å². The van der Waals surface area contributed by atoms with Crippen LogP contribution < -0.4 is 14.2 Å². The van der Waals surface area contributed by atoms with Gasteiger partial charge in [-0.3, -0.25) is 0 Å². The summed E-state index contributed by atoms with van der Waals surface area (Å²) >= 11 is 3.29. The Hall–Kier alpha value is -2.09. The van der Waals surface area contributed by atoms with Gasteiger partial charge < -0.3 is 9.47 Å². The molecule has 136 valence electrons. The summed E-state index contributed by atoms with van der Waals surface area (Å²) in [5.74, 6) is 1.28. The second kappa shape index (κ2) is 8.07. The van der Waals surface area contributed by atoms with Crippen LogP contribution >= 0.6 is 15.9 Å². The van der Waals surface area contributed by atoms with Crippen molar-refractivity contribution in [3.63, 3.8) is 0 Å². The van der Waals surface area contributed by atoms with E-state index in [-0.39, 0.29) is 18.0 Å². The van der Waals surface area contributed by atoms with E-state index in [0.717, 1.165) is 10.8 Å². The van der Waals surface area contributed by atoms with Crippen LogP contribution in [0.5, 0.6) is 11.5 Å². The van der Waals surface area contributed by atoms with Crippen molar-refractivity contribution in [2.45, 2.75) is 4.90 Å². The van der Waals surface area contributed by atoms with Crippen molar-refractivity contribution in [3.8, 4) is 11.5 Å². The zero-order valence-electron chi connectivity index (χ0n) is 14.1. The standard InChI is InChI=1S/C19H18BrNO4S/c1-24-19-9-8-17(13-18(19)20)26(22,23)21-10-11-25-16-7-6-14-4-2-3-5-15(14)12-16/h2-9,12-13,21H,10-11H2,1H3. The molecule has 0 fully saturated rings. The third kappa shape index (κ3) is 4.35. The van der Waals surface area contributed by atoms with Gasteiger partial charge in [0.25, 0.3) is 0 Å². The van der Waals surface area contributed by atoms with Crippen LogP contribution in [0.1, 0.15) is 0 Å². The second-order valence-electron chi connectivity index (χ2n) is 5.55. The molecule has 0 aromatic heterocycles. The number of rotatable bonds is 7. The molecule has 0 saturated heterocycles. The molecule has 0 atom stereocenters. The third-order valence-corrected chi connectivity index (χ3v) is 5.90. The van der Waals surface area contributed by atoms with Crippen LogP contribution in [0.25, 0.3) is 10.8 Å². The fourth-order valence-corrected chi connectivity index (χ4v) is 4.23. The topological polar surface area (TPSA) is 64.6 Å². The maximum atomic E-state index is 12.3. The fourth-order valence-electron chi connectivity index (χ4n) is 2.50. The summed E-state index contributed by atoms with van der Waals surface area (Å²) in [6, 6.07) is 18.4. The van der Waals surface area contributed by atoms with Crippen molar-refractivity contribution in [2.24, 2.45) is 0 Å². The van der Waals surface area contributed by atoms with Crippen LogP contribution in [0, 0.1) is 0 Å². The minimum Gasteiger partial charge on any atom is -0.496 e. The van der Waals surface area contributed by atoms with E-state index < -0.39 is 10.0 Å². The van der Waals surface area contributed by atoms with Gasteiger partial charge in [-0.25, -0.2) is 13.1 Å². The summed E-state index contributed by atoms with van der Waals surface area (Å²) in [6.45, 7) is 0.397. The molecule has 26 heavy (non-hydrogen) atoms. The van der Waals surface area contributed by atoms with Gasteiger partial charge in [-0.2, -0.15) is 0 Å². The third-order valence-electron chi connectivity index (χ3n) is 3.82. The van der Waals surface area contributed by atoms with E-state index in [1.165, 1.54) is 19.2 Å². The van der Waals surface area contributed by atoms with Crippen LogP contribution in [0.4, 0.5) is 0 Å². The Bertz CT molecular complexity index is 1020. The maximum absolute atomic E-state index is 12.3. The number of sulfonamides is 1. The van der Waals surface area contributed by atoms with E-state index in [9.17, 15) is 8.42 Å². The van der Waals surface area contributed by atoms with Crippen LogP contribution in [0.3, 0.4) is 0 Å². The normalized spacial score (nSPS) is 11.5. The second-order valence-corrected chi connectivity index (χ2v) is 8.17. The lowest BCUT2D eigenvalue weighted by molar-refractivity contribution is 0.323. The van der Waals surface area contributed by atoms with Crippen molar-refractivity contribution < 1.29 is 17.9 Å². The number of hydrogen-bond acceptors (Lipinski definition) is 4. The quantitative estimate of drug-likeness (QED) is 0.570. The van der Waals surface area contributed by atoms with Gasteiger partial charge >= 0.3 is 0 Å². The molecule has 0 amide bonds. The lowest BCUT2D eigenvalue weighted by Gasteiger charge is -2.10. The van der Waals surface area contributed by atoms with Crippen molar-refractivity contribution >= 4 is 36.7 Å². The highest BCUT2D eigenvalue weighted by Gasteiger charge is 2.15. The molecule has 3 aromatic carbocycles. The molecule has 3 aromatic rings. The van der Waals surface area contributed by atoms with E-state index in [1.807, 2.05) is 42.5 Å². The SMILES string of the molecule is COc1ccc(S(=O)(=O)NCCOc2ccc3ccccc3c2)cc1Br. The predicted octanol–water partition coefficient (Wildman–Crippen LogP) is 3.97. The van der Waals surface area contributed by atoms with Crippen LogP contribution in [-0.2, 0) is 10.0 Å². The number of nitrogens with one attached hydrogen (secondary N) is 1. The zero-order valence-corrected chi connectivity index (χ0v) is 16.5. The molecule has 5 nitrogen and oxygen atoms in total. The van der Waals surface area contributed by atoms with Crippen LogP contribution in [-0.4, -0.2) is 28.7 Å². The molecule has 0 saturated carbocycles. The van der Waals surface area contributed by atoms with Gasteiger partial charge in [0.2, 0.25) is 10.0 Å². The first-order chi connectivity index (χ1) is 12.5. The smallest absolute Gasteiger partial charge is 0.240 e. The first-order valence-corrected chi connectivity index (χ1v) is 10.2. The summed E-state index contributed by atoms with van der Waals surface area (Å²) < 4.78 is 38.6.